The van der Waals surface area contributed by atoms with E-state index in [0.717, 1.165) is 19.4 Å². The highest BCUT2D eigenvalue weighted by molar-refractivity contribution is 5.38. The summed E-state index contributed by atoms with van der Waals surface area (Å²) in [6.07, 6.45) is 1.79. The predicted octanol–water partition coefficient (Wildman–Crippen LogP) is 2.49. The minimum absolute atomic E-state index is 0.316. The second kappa shape index (κ2) is 4.46. The van der Waals surface area contributed by atoms with Crippen LogP contribution in [0.2, 0.25) is 0 Å². The molecular weight excluding hydrogens is 245 g/mol. The van der Waals surface area contributed by atoms with Crippen LogP contribution in [-0.4, -0.2) is 35.2 Å². The van der Waals surface area contributed by atoms with E-state index in [1.165, 1.54) is 12.1 Å². The van der Waals surface area contributed by atoms with Crippen LogP contribution in [0.5, 0.6) is 5.75 Å². The summed E-state index contributed by atoms with van der Waals surface area (Å²) < 4.78 is 19.4. The molecule has 3 rings (SSSR count). The third-order valence-electron chi connectivity index (χ3n) is 4.57. The van der Waals surface area contributed by atoms with E-state index < -0.39 is 6.10 Å². The number of aliphatic hydroxyl groups is 1. The average Bonchev–Trinajstić information content (AvgIpc) is 2.34. The first kappa shape index (κ1) is 12.9. The molecule has 104 valence electrons. The Morgan fingerprint density at radius 1 is 1.42 bits per heavy atom. The van der Waals surface area contributed by atoms with E-state index in [9.17, 15) is 9.50 Å². The molecule has 1 aromatic rings. The number of likely N-dealkylation sites (tertiary alicyclic amines) is 1. The predicted molar refractivity (Wildman–Crippen MR) is 70.7 cm³/mol. The molecule has 1 saturated heterocycles. The van der Waals surface area contributed by atoms with Gasteiger partial charge in [-0.25, -0.2) is 4.39 Å². The highest BCUT2D eigenvalue weighted by Crippen LogP contribution is 2.45. The van der Waals surface area contributed by atoms with Gasteiger partial charge in [-0.05, 0) is 32.5 Å². The smallest absolute Gasteiger partial charge is 0.128 e. The van der Waals surface area contributed by atoms with Gasteiger partial charge in [-0.15, -0.1) is 0 Å². The molecule has 4 heteroatoms. The van der Waals surface area contributed by atoms with Gasteiger partial charge in [0.1, 0.15) is 17.2 Å². The van der Waals surface area contributed by atoms with Crippen molar-refractivity contribution in [3.63, 3.8) is 0 Å². The van der Waals surface area contributed by atoms with E-state index >= 15 is 0 Å². The second-order valence-corrected chi connectivity index (χ2v) is 5.97. The van der Waals surface area contributed by atoms with Crippen LogP contribution in [0.25, 0.3) is 0 Å². The van der Waals surface area contributed by atoms with Gasteiger partial charge in [-0.2, -0.15) is 0 Å². The number of fused-ring (bicyclic) bond motifs is 1. The first-order valence-corrected chi connectivity index (χ1v) is 6.86. The lowest BCUT2D eigenvalue weighted by atomic mass is 9.79. The van der Waals surface area contributed by atoms with E-state index in [0.29, 0.717) is 23.8 Å². The fourth-order valence-electron chi connectivity index (χ4n) is 3.28. The summed E-state index contributed by atoms with van der Waals surface area (Å²) in [5, 5.41) is 10.3. The molecule has 3 nitrogen and oxygen atoms in total. The zero-order valence-electron chi connectivity index (χ0n) is 11.4. The van der Waals surface area contributed by atoms with Crippen molar-refractivity contribution >= 4 is 0 Å². The molecule has 0 aromatic heterocycles. The van der Waals surface area contributed by atoms with Gasteiger partial charge >= 0.3 is 0 Å². The zero-order valence-corrected chi connectivity index (χ0v) is 11.4. The maximum absolute atomic E-state index is 13.3. The van der Waals surface area contributed by atoms with Crippen LogP contribution >= 0.6 is 0 Å². The lowest BCUT2D eigenvalue weighted by Gasteiger charge is -2.47. The fourth-order valence-corrected chi connectivity index (χ4v) is 3.28. The lowest BCUT2D eigenvalue weighted by molar-refractivity contribution is -0.0647. The van der Waals surface area contributed by atoms with Crippen LogP contribution in [0.1, 0.15) is 37.9 Å². The third kappa shape index (κ3) is 2.23. The molecule has 1 N–H and O–H groups in total. The van der Waals surface area contributed by atoms with Crippen molar-refractivity contribution in [1.82, 2.24) is 4.90 Å². The molecule has 0 saturated carbocycles. The number of piperidine rings is 1. The lowest BCUT2D eigenvalue weighted by Crippen LogP contribution is -2.52. The van der Waals surface area contributed by atoms with Gasteiger partial charge < -0.3 is 14.7 Å². The molecule has 1 spiro atoms. The SMILES string of the molecule is CC1CC2(CCN1C)C[C@@H](O)c1ccc(F)cc1O2. The van der Waals surface area contributed by atoms with Crippen molar-refractivity contribution in [2.24, 2.45) is 0 Å². The molecule has 19 heavy (non-hydrogen) atoms. The monoisotopic (exact) mass is 265 g/mol. The van der Waals surface area contributed by atoms with E-state index in [1.807, 2.05) is 0 Å². The molecule has 0 aliphatic carbocycles. The van der Waals surface area contributed by atoms with Crippen molar-refractivity contribution < 1.29 is 14.2 Å². The van der Waals surface area contributed by atoms with Gasteiger partial charge in [-0.3, -0.25) is 0 Å². The summed E-state index contributed by atoms with van der Waals surface area (Å²) in [5.41, 5.74) is 0.366. The summed E-state index contributed by atoms with van der Waals surface area (Å²) in [7, 11) is 2.10. The van der Waals surface area contributed by atoms with Crippen LogP contribution in [-0.2, 0) is 0 Å². The molecule has 0 radical (unpaired) electrons. The molecular formula is C15H20FNO2. The van der Waals surface area contributed by atoms with E-state index in [1.54, 1.807) is 6.07 Å². The second-order valence-electron chi connectivity index (χ2n) is 5.97. The Morgan fingerprint density at radius 2 is 2.21 bits per heavy atom. The maximum Gasteiger partial charge on any atom is 0.128 e. The van der Waals surface area contributed by atoms with Gasteiger partial charge in [-0.1, -0.05) is 0 Å². The Morgan fingerprint density at radius 3 is 2.95 bits per heavy atom. The minimum Gasteiger partial charge on any atom is -0.487 e. The highest BCUT2D eigenvalue weighted by Gasteiger charge is 2.44. The zero-order chi connectivity index (χ0) is 13.6. The van der Waals surface area contributed by atoms with Gasteiger partial charge in [0.15, 0.2) is 0 Å². The Balaban J connectivity index is 1.91. The van der Waals surface area contributed by atoms with Crippen molar-refractivity contribution in [3.8, 4) is 5.75 Å². The summed E-state index contributed by atoms with van der Waals surface area (Å²) >= 11 is 0. The molecule has 0 bridgehead atoms. The van der Waals surface area contributed by atoms with E-state index in [-0.39, 0.29) is 11.4 Å². The summed E-state index contributed by atoms with van der Waals surface area (Å²) in [6.45, 7) is 3.11. The van der Waals surface area contributed by atoms with Crippen LogP contribution in [0.3, 0.4) is 0 Å². The Bertz CT molecular complexity index is 493. The fraction of sp³-hybridized carbons (Fsp3) is 0.600. The molecule has 2 aliphatic rings. The average molecular weight is 265 g/mol. The summed E-state index contributed by atoms with van der Waals surface area (Å²) in [5.74, 6) is 0.194. The Labute approximate surface area is 113 Å². The normalized spacial score (nSPS) is 34.9. The number of rotatable bonds is 0. The van der Waals surface area contributed by atoms with Crippen LogP contribution in [0, 0.1) is 5.82 Å². The van der Waals surface area contributed by atoms with E-state index in [2.05, 4.69) is 18.9 Å². The molecule has 3 atom stereocenters. The molecule has 2 unspecified atom stereocenters. The quantitative estimate of drug-likeness (QED) is 0.782. The van der Waals surface area contributed by atoms with E-state index in [4.69, 9.17) is 4.74 Å². The number of nitrogens with zero attached hydrogens (tertiary/aromatic N) is 1. The largest absolute Gasteiger partial charge is 0.487 e. The molecule has 2 aliphatic heterocycles. The highest BCUT2D eigenvalue weighted by atomic mass is 19.1. The summed E-state index contributed by atoms with van der Waals surface area (Å²) in [4.78, 5) is 2.29. The van der Waals surface area contributed by atoms with Crippen molar-refractivity contribution in [1.29, 1.82) is 0 Å². The summed E-state index contributed by atoms with van der Waals surface area (Å²) in [6, 6.07) is 4.81. The molecule has 1 aromatic carbocycles. The van der Waals surface area contributed by atoms with Crippen molar-refractivity contribution in [2.45, 2.75) is 43.9 Å². The number of ether oxygens (including phenoxy) is 1. The Hall–Kier alpha value is -1.13. The topological polar surface area (TPSA) is 32.7 Å². The van der Waals surface area contributed by atoms with Crippen LogP contribution in [0.15, 0.2) is 18.2 Å². The minimum atomic E-state index is -0.556. The van der Waals surface area contributed by atoms with Crippen molar-refractivity contribution in [3.05, 3.63) is 29.6 Å². The van der Waals surface area contributed by atoms with Crippen LogP contribution in [0.4, 0.5) is 4.39 Å². The number of aliphatic hydroxyl groups excluding tert-OH is 1. The first-order valence-electron chi connectivity index (χ1n) is 6.86. The first-order chi connectivity index (χ1) is 8.99. The van der Waals surface area contributed by atoms with Gasteiger partial charge in [0.05, 0.1) is 6.10 Å². The maximum atomic E-state index is 13.3. The number of hydrogen-bond acceptors (Lipinski definition) is 3. The number of hydrogen-bond donors (Lipinski definition) is 1. The number of benzene rings is 1. The third-order valence-corrected chi connectivity index (χ3v) is 4.57. The standard InChI is InChI=1S/C15H20FNO2/c1-10-8-15(5-6-17(10)2)9-13(18)12-4-3-11(16)7-14(12)19-15/h3-4,7,10,13,18H,5-6,8-9H2,1-2H3/t10?,13-,15?/m1/s1. The van der Waals surface area contributed by atoms with Gasteiger partial charge in [0.2, 0.25) is 0 Å². The number of halogens is 1. The molecule has 1 fully saturated rings. The van der Waals surface area contributed by atoms with Gasteiger partial charge in [0, 0.05) is 37.1 Å². The Kier molecular flexibility index (Phi) is 3.02. The molecule has 2 heterocycles. The van der Waals surface area contributed by atoms with Gasteiger partial charge in [0.25, 0.3) is 0 Å². The van der Waals surface area contributed by atoms with Crippen molar-refractivity contribution in [2.75, 3.05) is 13.6 Å². The van der Waals surface area contributed by atoms with Crippen LogP contribution < -0.4 is 4.74 Å². The molecule has 0 amide bonds.